The van der Waals surface area contributed by atoms with Crippen LogP contribution in [0.5, 0.6) is 11.5 Å². The van der Waals surface area contributed by atoms with E-state index < -0.39 is 17.8 Å². The van der Waals surface area contributed by atoms with E-state index in [0.717, 1.165) is 5.56 Å². The number of rotatable bonds is 5. The molecule has 0 unspecified atom stereocenters. The molecule has 1 saturated heterocycles. The molecule has 1 fully saturated rings. The normalized spacial score (nSPS) is 13.4. The molecule has 0 aliphatic carbocycles. The third kappa shape index (κ3) is 5.17. The first kappa shape index (κ1) is 23.6. The van der Waals surface area contributed by atoms with Crippen LogP contribution in [0.4, 0.5) is 4.79 Å². The summed E-state index contributed by atoms with van der Waals surface area (Å²) < 4.78 is 5.94. The third-order valence-corrected chi connectivity index (χ3v) is 5.74. The van der Waals surface area contributed by atoms with Crippen LogP contribution in [0.2, 0.25) is 15.1 Å². The van der Waals surface area contributed by atoms with E-state index in [0.29, 0.717) is 27.5 Å². The summed E-state index contributed by atoms with van der Waals surface area (Å²) in [7, 11) is 0. The topological polar surface area (TPSA) is 105 Å². The Bertz CT molecular complexity index is 1310. The molecule has 4 amide bonds. The van der Waals surface area contributed by atoms with Crippen molar-refractivity contribution < 1.29 is 24.2 Å². The number of ether oxygens (including phenoxy) is 1. The van der Waals surface area contributed by atoms with Gasteiger partial charge in [-0.25, -0.2) is 4.79 Å². The van der Waals surface area contributed by atoms with Gasteiger partial charge in [-0.05, 0) is 59.2 Å². The number of halogens is 3. The van der Waals surface area contributed by atoms with Crippen LogP contribution in [-0.2, 0) is 16.2 Å². The van der Waals surface area contributed by atoms with Gasteiger partial charge in [-0.15, -0.1) is 0 Å². The van der Waals surface area contributed by atoms with Crippen LogP contribution in [0.3, 0.4) is 0 Å². The Morgan fingerprint density at radius 3 is 2.06 bits per heavy atom. The van der Waals surface area contributed by atoms with Crippen LogP contribution in [0.1, 0.15) is 11.1 Å². The SMILES string of the molecule is O=C1NC(=O)C(=Cc2cc(-c3cc(Cl)c(O)c(Cl)c3)ccc2OCc2ccc(Cl)cc2)C(=O)N1. The van der Waals surface area contributed by atoms with Crippen molar-refractivity contribution in [3.8, 4) is 22.6 Å². The standard InChI is InChI=1S/C24H15Cl3N2O5/c25-16-4-1-12(2-5-16)11-34-20-6-3-13(14-9-18(26)21(30)19(27)10-14)7-15(20)8-17-22(31)28-24(33)29-23(17)32/h1-10,30H,11H2,(H2,28,29,31,32,33). The average Bonchev–Trinajstić information content (AvgIpc) is 2.79. The third-order valence-electron chi connectivity index (χ3n) is 4.91. The maximum Gasteiger partial charge on any atom is 0.328 e. The van der Waals surface area contributed by atoms with Crippen LogP contribution in [0.25, 0.3) is 17.2 Å². The number of urea groups is 1. The van der Waals surface area contributed by atoms with Gasteiger partial charge in [0.2, 0.25) is 0 Å². The fraction of sp³-hybridized carbons (Fsp3) is 0.0417. The Morgan fingerprint density at radius 1 is 0.824 bits per heavy atom. The number of amides is 4. The first-order valence-corrected chi connectivity index (χ1v) is 10.9. The molecule has 1 aliphatic rings. The summed E-state index contributed by atoms with van der Waals surface area (Å²) in [6.07, 6.45) is 1.32. The molecule has 172 valence electrons. The minimum Gasteiger partial charge on any atom is -0.505 e. The predicted octanol–water partition coefficient (Wildman–Crippen LogP) is 5.35. The average molecular weight is 518 g/mol. The molecule has 3 aromatic carbocycles. The van der Waals surface area contributed by atoms with Crippen LogP contribution in [0, 0.1) is 0 Å². The number of hydrogen-bond donors (Lipinski definition) is 3. The van der Waals surface area contributed by atoms with Crippen molar-refractivity contribution in [2.75, 3.05) is 0 Å². The molecule has 3 N–H and O–H groups in total. The molecule has 3 aromatic rings. The van der Waals surface area contributed by atoms with Gasteiger partial charge in [-0.3, -0.25) is 20.2 Å². The lowest BCUT2D eigenvalue weighted by molar-refractivity contribution is -0.123. The predicted molar refractivity (Wildman–Crippen MR) is 129 cm³/mol. The number of imide groups is 2. The molecule has 4 rings (SSSR count). The highest BCUT2D eigenvalue weighted by molar-refractivity contribution is 6.37. The van der Waals surface area contributed by atoms with Crippen molar-refractivity contribution in [3.05, 3.63) is 86.4 Å². The van der Waals surface area contributed by atoms with Crippen LogP contribution < -0.4 is 15.4 Å². The van der Waals surface area contributed by atoms with E-state index in [1.807, 2.05) is 22.8 Å². The Labute approximate surface area is 208 Å². The monoisotopic (exact) mass is 516 g/mol. The zero-order chi connectivity index (χ0) is 24.4. The number of benzene rings is 3. The van der Waals surface area contributed by atoms with E-state index >= 15 is 0 Å². The van der Waals surface area contributed by atoms with E-state index in [9.17, 15) is 19.5 Å². The lowest BCUT2D eigenvalue weighted by Gasteiger charge is -2.16. The number of nitrogens with one attached hydrogen (secondary N) is 2. The highest BCUT2D eigenvalue weighted by Gasteiger charge is 2.28. The van der Waals surface area contributed by atoms with Gasteiger partial charge in [0.15, 0.2) is 5.75 Å². The molecule has 10 heteroatoms. The highest BCUT2D eigenvalue weighted by Crippen LogP contribution is 2.38. The van der Waals surface area contributed by atoms with Crippen molar-refractivity contribution in [1.82, 2.24) is 10.6 Å². The number of carbonyl (C=O) groups excluding carboxylic acids is 3. The van der Waals surface area contributed by atoms with Crippen LogP contribution in [-0.4, -0.2) is 23.0 Å². The van der Waals surface area contributed by atoms with Gasteiger partial charge in [0.1, 0.15) is 17.9 Å². The smallest absolute Gasteiger partial charge is 0.328 e. The zero-order valence-electron chi connectivity index (χ0n) is 17.2. The van der Waals surface area contributed by atoms with Gasteiger partial charge in [-0.2, -0.15) is 0 Å². The number of phenolic OH excluding ortho intramolecular Hbond substituents is 1. The second-order valence-electron chi connectivity index (χ2n) is 7.25. The maximum absolute atomic E-state index is 12.2. The van der Waals surface area contributed by atoms with E-state index in [-0.39, 0.29) is 28.0 Å². The van der Waals surface area contributed by atoms with Gasteiger partial charge in [0.25, 0.3) is 11.8 Å². The lowest BCUT2D eigenvalue weighted by Crippen LogP contribution is -2.51. The minimum atomic E-state index is -0.895. The molecule has 7 nitrogen and oxygen atoms in total. The fourth-order valence-electron chi connectivity index (χ4n) is 3.21. The molecule has 1 aliphatic heterocycles. The summed E-state index contributed by atoms with van der Waals surface area (Å²) in [5, 5.41) is 14.6. The fourth-order valence-corrected chi connectivity index (χ4v) is 3.82. The number of barbiturate groups is 1. The Hall–Kier alpha value is -3.52. The summed E-state index contributed by atoms with van der Waals surface area (Å²) in [6, 6.07) is 14.3. The van der Waals surface area contributed by atoms with E-state index in [2.05, 4.69) is 0 Å². The molecule has 0 bridgehead atoms. The molecule has 34 heavy (non-hydrogen) atoms. The Kier molecular flexibility index (Phi) is 6.79. The Morgan fingerprint density at radius 2 is 1.44 bits per heavy atom. The van der Waals surface area contributed by atoms with Gasteiger partial charge in [-0.1, -0.05) is 53.0 Å². The lowest BCUT2D eigenvalue weighted by atomic mass is 10.00. The van der Waals surface area contributed by atoms with Crippen molar-refractivity contribution >= 4 is 58.7 Å². The zero-order valence-corrected chi connectivity index (χ0v) is 19.5. The van der Waals surface area contributed by atoms with Gasteiger partial charge in [0, 0.05) is 10.6 Å². The molecule has 0 spiro atoms. The Balaban J connectivity index is 1.75. The van der Waals surface area contributed by atoms with Gasteiger partial charge in [0.05, 0.1) is 10.0 Å². The molecule has 0 saturated carbocycles. The summed E-state index contributed by atoms with van der Waals surface area (Å²) in [6.45, 7) is 0.195. The second-order valence-corrected chi connectivity index (χ2v) is 8.50. The van der Waals surface area contributed by atoms with Crippen LogP contribution >= 0.6 is 34.8 Å². The van der Waals surface area contributed by atoms with Crippen molar-refractivity contribution in [3.63, 3.8) is 0 Å². The molecular formula is C24H15Cl3N2O5. The molecule has 1 heterocycles. The second kappa shape index (κ2) is 9.77. The summed E-state index contributed by atoms with van der Waals surface area (Å²) in [5.74, 6) is -1.53. The first-order chi connectivity index (χ1) is 16.2. The molecule has 0 radical (unpaired) electrons. The quantitative estimate of drug-likeness (QED) is 0.313. The number of hydrogen-bond acceptors (Lipinski definition) is 5. The van der Waals surface area contributed by atoms with E-state index in [1.165, 1.54) is 18.2 Å². The van der Waals surface area contributed by atoms with Gasteiger partial charge < -0.3 is 9.84 Å². The van der Waals surface area contributed by atoms with Crippen molar-refractivity contribution in [2.45, 2.75) is 6.61 Å². The largest absolute Gasteiger partial charge is 0.505 e. The van der Waals surface area contributed by atoms with E-state index in [1.54, 1.807) is 30.3 Å². The minimum absolute atomic E-state index is 0.0648. The summed E-state index contributed by atoms with van der Waals surface area (Å²) in [5.41, 5.74) is 2.19. The highest BCUT2D eigenvalue weighted by atomic mass is 35.5. The number of carbonyl (C=O) groups is 3. The molecular weight excluding hydrogens is 503 g/mol. The molecule has 0 aromatic heterocycles. The summed E-state index contributed by atoms with van der Waals surface area (Å²) >= 11 is 18.0. The molecule has 0 atom stereocenters. The summed E-state index contributed by atoms with van der Waals surface area (Å²) in [4.78, 5) is 35.9. The van der Waals surface area contributed by atoms with Crippen molar-refractivity contribution in [1.29, 1.82) is 0 Å². The first-order valence-electron chi connectivity index (χ1n) is 9.79. The van der Waals surface area contributed by atoms with Gasteiger partial charge >= 0.3 is 6.03 Å². The maximum atomic E-state index is 12.2. The van der Waals surface area contributed by atoms with Crippen molar-refractivity contribution in [2.24, 2.45) is 0 Å². The van der Waals surface area contributed by atoms with Crippen LogP contribution in [0.15, 0.2) is 60.2 Å². The number of phenols is 1. The number of aromatic hydroxyl groups is 1. The van der Waals surface area contributed by atoms with E-state index in [4.69, 9.17) is 39.5 Å².